The van der Waals surface area contributed by atoms with Crippen molar-refractivity contribution in [2.75, 3.05) is 11.9 Å². The van der Waals surface area contributed by atoms with Crippen LogP contribution in [0.5, 0.6) is 0 Å². The van der Waals surface area contributed by atoms with Crippen molar-refractivity contribution >= 4 is 29.4 Å². The van der Waals surface area contributed by atoms with Crippen LogP contribution in [0.1, 0.15) is 110 Å². The molecule has 0 spiro atoms. The van der Waals surface area contributed by atoms with Crippen LogP contribution in [0.25, 0.3) is 0 Å². The summed E-state index contributed by atoms with van der Waals surface area (Å²) in [6.45, 7) is 14.3. The molecule has 1 atom stereocenters. The second-order valence-corrected chi connectivity index (χ2v) is 13.2. The third kappa shape index (κ3) is 7.00. The number of nitrogens with one attached hydrogen (secondary N) is 3. The molecule has 1 aliphatic carbocycles. The number of ketones is 1. The van der Waals surface area contributed by atoms with Crippen LogP contribution in [0.15, 0.2) is 18.2 Å². The van der Waals surface area contributed by atoms with Gasteiger partial charge in [-0.25, -0.2) is 4.79 Å². The van der Waals surface area contributed by atoms with E-state index in [4.69, 9.17) is 4.74 Å². The van der Waals surface area contributed by atoms with Crippen LogP contribution >= 0.6 is 0 Å². The Labute approximate surface area is 242 Å². The van der Waals surface area contributed by atoms with Crippen LogP contribution < -0.4 is 10.6 Å². The van der Waals surface area contributed by atoms with Crippen molar-refractivity contribution in [3.8, 4) is 0 Å². The molecule has 1 aromatic heterocycles. The summed E-state index contributed by atoms with van der Waals surface area (Å²) in [6, 6.07) is 4.93. The summed E-state index contributed by atoms with van der Waals surface area (Å²) < 4.78 is 5.54. The van der Waals surface area contributed by atoms with Crippen molar-refractivity contribution in [3.05, 3.63) is 51.8 Å². The van der Waals surface area contributed by atoms with Crippen molar-refractivity contribution in [1.29, 1.82) is 0 Å². The highest BCUT2D eigenvalue weighted by Gasteiger charge is 2.36. The van der Waals surface area contributed by atoms with E-state index >= 15 is 0 Å². The van der Waals surface area contributed by atoms with E-state index in [-0.39, 0.29) is 29.1 Å². The Balaban J connectivity index is 1.49. The number of aromatic nitrogens is 1. The largest absolute Gasteiger partial charge is 0.444 e. The van der Waals surface area contributed by atoms with E-state index in [2.05, 4.69) is 15.6 Å². The number of carbonyl (C=O) groups excluding carboxylic acids is 4. The summed E-state index contributed by atoms with van der Waals surface area (Å²) in [4.78, 5) is 57.3. The number of Topliss-reactive ketones (excluding diaryl/α,β-unsaturated/α-hetero) is 1. The van der Waals surface area contributed by atoms with E-state index in [0.717, 1.165) is 29.7 Å². The maximum absolute atomic E-state index is 13.5. The molecule has 0 bridgehead atoms. The van der Waals surface area contributed by atoms with Crippen LogP contribution in [-0.4, -0.2) is 51.8 Å². The number of carbonyl (C=O) groups is 4. The van der Waals surface area contributed by atoms with Crippen molar-refractivity contribution in [2.45, 2.75) is 105 Å². The minimum atomic E-state index is -0.743. The number of aromatic amines is 1. The van der Waals surface area contributed by atoms with Gasteiger partial charge in [-0.1, -0.05) is 45.7 Å². The normalized spacial score (nSPS) is 16.9. The van der Waals surface area contributed by atoms with Crippen molar-refractivity contribution < 1.29 is 23.9 Å². The third-order valence-corrected chi connectivity index (χ3v) is 7.77. The Morgan fingerprint density at radius 3 is 2.59 bits per heavy atom. The first kappa shape index (κ1) is 30.3. The Morgan fingerprint density at radius 2 is 1.90 bits per heavy atom. The number of unbranched alkanes of at least 4 members (excludes halogenated alkanes) is 1. The number of ether oxygens (including phenoxy) is 1. The maximum atomic E-state index is 13.5. The van der Waals surface area contributed by atoms with Gasteiger partial charge in [0.2, 0.25) is 5.91 Å². The van der Waals surface area contributed by atoms with E-state index in [0.29, 0.717) is 61.3 Å². The fourth-order valence-electron chi connectivity index (χ4n) is 5.80. The second kappa shape index (κ2) is 11.7. The molecule has 222 valence electrons. The van der Waals surface area contributed by atoms with Gasteiger partial charge in [-0.05, 0) is 75.1 Å². The van der Waals surface area contributed by atoms with Gasteiger partial charge in [0.15, 0.2) is 5.78 Å². The minimum Gasteiger partial charge on any atom is -0.444 e. The molecule has 3 amide bonds. The number of amides is 3. The van der Waals surface area contributed by atoms with Gasteiger partial charge in [0.1, 0.15) is 17.3 Å². The van der Waals surface area contributed by atoms with Gasteiger partial charge in [-0.2, -0.15) is 0 Å². The monoisotopic (exact) mass is 564 g/mol. The molecule has 1 aliphatic heterocycles. The zero-order valence-electron chi connectivity index (χ0n) is 25.5. The quantitative estimate of drug-likeness (QED) is 0.399. The highest BCUT2D eigenvalue weighted by Crippen LogP contribution is 2.36. The Bertz CT molecular complexity index is 1350. The highest BCUT2D eigenvalue weighted by molar-refractivity contribution is 6.06. The van der Waals surface area contributed by atoms with Crippen molar-refractivity contribution in [3.63, 3.8) is 0 Å². The number of fused-ring (bicyclic) bond motifs is 2. The van der Waals surface area contributed by atoms with E-state index in [1.807, 2.05) is 59.7 Å². The molecule has 3 N–H and O–H groups in total. The molecule has 0 fully saturated rings. The molecule has 0 saturated carbocycles. The Hall–Kier alpha value is -3.62. The average molecular weight is 565 g/mol. The average Bonchev–Trinajstić information content (AvgIpc) is 3.20. The van der Waals surface area contributed by atoms with E-state index < -0.39 is 11.6 Å². The smallest absolute Gasteiger partial charge is 0.410 e. The Morgan fingerprint density at radius 1 is 1.17 bits per heavy atom. The fraction of sp³-hybridized carbons (Fsp3) is 0.562. The fourth-order valence-corrected chi connectivity index (χ4v) is 5.80. The molecular weight excluding hydrogens is 520 g/mol. The standard InChI is InChI=1S/C32H44N4O5/c1-8-9-12-23(35-29(39)27-19(2)26-24(33-27)16-32(6,7)17-25(26)37)28(38)34-22-13-10-11-20-18-36(15-14-21(20)22)30(40)41-31(3,4)5/h10-11,13,23,33H,8-9,12,14-18H2,1-7H3,(H,34,38)(H,35,39). The molecular formula is C32H44N4O5. The molecule has 2 aromatic rings. The van der Waals surface area contributed by atoms with E-state index in [1.54, 1.807) is 11.8 Å². The molecule has 1 aromatic carbocycles. The van der Waals surface area contributed by atoms with Gasteiger partial charge in [-0.3, -0.25) is 14.4 Å². The number of rotatable bonds is 7. The summed E-state index contributed by atoms with van der Waals surface area (Å²) in [7, 11) is 0. The topological polar surface area (TPSA) is 121 Å². The molecule has 4 rings (SSSR count). The lowest BCUT2D eigenvalue weighted by Crippen LogP contribution is -2.44. The molecule has 9 nitrogen and oxygen atoms in total. The van der Waals surface area contributed by atoms with Gasteiger partial charge in [0.05, 0.1) is 0 Å². The molecule has 2 aliphatic rings. The van der Waals surface area contributed by atoms with Gasteiger partial charge < -0.3 is 25.3 Å². The zero-order valence-corrected chi connectivity index (χ0v) is 25.5. The summed E-state index contributed by atoms with van der Waals surface area (Å²) in [5.41, 5.74) is 4.26. The first-order valence-corrected chi connectivity index (χ1v) is 14.6. The third-order valence-electron chi connectivity index (χ3n) is 7.77. The molecule has 0 saturated heterocycles. The minimum absolute atomic E-state index is 0.0448. The maximum Gasteiger partial charge on any atom is 0.410 e. The molecule has 1 unspecified atom stereocenters. The second-order valence-electron chi connectivity index (χ2n) is 13.2. The van der Waals surface area contributed by atoms with Crippen LogP contribution in [-0.2, 0) is 28.9 Å². The molecule has 41 heavy (non-hydrogen) atoms. The number of hydrogen-bond donors (Lipinski definition) is 3. The molecule has 0 radical (unpaired) electrons. The number of nitrogens with zero attached hydrogens (tertiary/aromatic N) is 1. The SMILES string of the molecule is CCCCC(NC(=O)c1[nH]c2c(c1C)C(=O)CC(C)(C)C2)C(=O)Nc1cccc2c1CCN(C(=O)OC(C)(C)C)C2. The van der Waals surface area contributed by atoms with Crippen molar-refractivity contribution in [2.24, 2.45) is 5.41 Å². The number of hydrogen-bond acceptors (Lipinski definition) is 5. The summed E-state index contributed by atoms with van der Waals surface area (Å²) in [6.07, 6.45) is 3.48. The van der Waals surface area contributed by atoms with Crippen LogP contribution in [0.3, 0.4) is 0 Å². The molecule has 9 heteroatoms. The lowest BCUT2D eigenvalue weighted by Gasteiger charge is -2.32. The summed E-state index contributed by atoms with van der Waals surface area (Å²) in [5.74, 6) is -0.633. The van der Waals surface area contributed by atoms with E-state index in [9.17, 15) is 19.2 Å². The first-order valence-electron chi connectivity index (χ1n) is 14.6. The van der Waals surface area contributed by atoms with Gasteiger partial charge in [0, 0.05) is 36.5 Å². The number of benzene rings is 1. The van der Waals surface area contributed by atoms with E-state index in [1.165, 1.54) is 0 Å². The summed E-state index contributed by atoms with van der Waals surface area (Å²) >= 11 is 0. The predicted octanol–water partition coefficient (Wildman–Crippen LogP) is 5.70. The highest BCUT2D eigenvalue weighted by atomic mass is 16.6. The van der Waals surface area contributed by atoms with Gasteiger partial charge >= 0.3 is 6.09 Å². The van der Waals surface area contributed by atoms with Crippen LogP contribution in [0.2, 0.25) is 0 Å². The Kier molecular flexibility index (Phi) is 8.66. The number of H-pyrrole nitrogens is 1. The lowest BCUT2D eigenvalue weighted by molar-refractivity contribution is -0.118. The molecule has 2 heterocycles. The lowest BCUT2D eigenvalue weighted by atomic mass is 9.75. The van der Waals surface area contributed by atoms with Gasteiger partial charge in [0.25, 0.3) is 5.91 Å². The van der Waals surface area contributed by atoms with Crippen LogP contribution in [0.4, 0.5) is 10.5 Å². The van der Waals surface area contributed by atoms with Gasteiger partial charge in [-0.15, -0.1) is 0 Å². The first-order chi connectivity index (χ1) is 19.2. The predicted molar refractivity (Wildman–Crippen MR) is 158 cm³/mol. The zero-order chi connectivity index (χ0) is 30.1. The number of anilines is 1. The van der Waals surface area contributed by atoms with Crippen molar-refractivity contribution in [1.82, 2.24) is 15.2 Å². The summed E-state index contributed by atoms with van der Waals surface area (Å²) in [5, 5.41) is 5.98. The van der Waals surface area contributed by atoms with Crippen LogP contribution in [0, 0.1) is 12.3 Å².